The van der Waals surface area contributed by atoms with Crippen molar-refractivity contribution in [3.05, 3.63) is 11.4 Å². The van der Waals surface area contributed by atoms with Crippen LogP contribution in [-0.2, 0) is 4.79 Å². The second-order valence-corrected chi connectivity index (χ2v) is 5.48. The molecule has 1 amide bonds. The molecule has 0 aliphatic carbocycles. The monoisotopic (exact) mass is 249 g/mol. The Bertz CT molecular complexity index is 309. The summed E-state index contributed by atoms with van der Waals surface area (Å²) in [5.41, 5.74) is 0. The molecule has 0 unspecified atom stereocenters. The Morgan fingerprint density at radius 3 is 2.44 bits per heavy atom. The molecule has 0 aromatic heterocycles. The lowest BCUT2D eigenvalue weighted by Crippen LogP contribution is -2.40. The fourth-order valence-electron chi connectivity index (χ4n) is 3.01. The van der Waals surface area contributed by atoms with Gasteiger partial charge in [-0.25, -0.2) is 6.57 Å². The fourth-order valence-corrected chi connectivity index (χ4v) is 3.01. The zero-order valence-electron chi connectivity index (χ0n) is 11.1. The number of piperidine rings is 1. The maximum Gasteiger partial charge on any atom is 0.302 e. The third kappa shape index (κ3) is 3.71. The van der Waals surface area contributed by atoms with Gasteiger partial charge in [-0.3, -0.25) is 4.79 Å². The molecule has 2 saturated heterocycles. The zero-order valence-corrected chi connectivity index (χ0v) is 11.1. The van der Waals surface area contributed by atoms with Crippen molar-refractivity contribution < 1.29 is 4.79 Å². The van der Waals surface area contributed by atoms with Gasteiger partial charge in [-0.2, -0.15) is 0 Å². The fraction of sp³-hybridized carbons (Fsp3) is 0.857. The maximum absolute atomic E-state index is 11.6. The molecule has 0 aromatic rings. The van der Waals surface area contributed by atoms with Gasteiger partial charge >= 0.3 is 5.91 Å². The second-order valence-electron chi connectivity index (χ2n) is 5.48. The standard InChI is InChI=1S/C14H23N3O/c1-15-12-14(18)17-10-5-13(6-11-17)4-9-16-7-2-3-8-16/h13H,2-12H2. The first kappa shape index (κ1) is 13.4. The predicted molar refractivity (Wildman–Crippen MR) is 71.1 cm³/mol. The molecule has 0 atom stereocenters. The summed E-state index contributed by atoms with van der Waals surface area (Å²) in [5, 5.41) is 0. The van der Waals surface area contributed by atoms with Gasteiger partial charge in [-0.1, -0.05) is 0 Å². The average Bonchev–Trinajstić information content (AvgIpc) is 2.90. The summed E-state index contributed by atoms with van der Waals surface area (Å²) in [6.45, 7) is 12.3. The molecule has 0 radical (unpaired) electrons. The summed E-state index contributed by atoms with van der Waals surface area (Å²) in [7, 11) is 0. The highest BCUT2D eigenvalue weighted by Crippen LogP contribution is 2.21. The highest BCUT2D eigenvalue weighted by atomic mass is 16.2. The van der Waals surface area contributed by atoms with Crippen molar-refractivity contribution >= 4 is 5.91 Å². The number of likely N-dealkylation sites (tertiary alicyclic amines) is 2. The smallest absolute Gasteiger partial charge is 0.302 e. The number of amides is 1. The molecule has 0 N–H and O–H groups in total. The normalized spacial score (nSPS) is 22.1. The maximum atomic E-state index is 11.6. The minimum Gasteiger partial charge on any atom is -0.336 e. The van der Waals surface area contributed by atoms with Crippen LogP contribution in [0.2, 0.25) is 0 Å². The lowest BCUT2D eigenvalue weighted by molar-refractivity contribution is -0.130. The number of nitrogens with zero attached hydrogens (tertiary/aromatic N) is 3. The van der Waals surface area contributed by atoms with Crippen LogP contribution in [0.1, 0.15) is 32.1 Å². The molecule has 0 aromatic carbocycles. The van der Waals surface area contributed by atoms with Crippen LogP contribution in [0.5, 0.6) is 0 Å². The molecule has 2 aliphatic heterocycles. The zero-order chi connectivity index (χ0) is 12.8. The van der Waals surface area contributed by atoms with E-state index >= 15 is 0 Å². The highest BCUT2D eigenvalue weighted by Gasteiger charge is 2.24. The molecule has 18 heavy (non-hydrogen) atoms. The van der Waals surface area contributed by atoms with Crippen LogP contribution in [0.15, 0.2) is 0 Å². The summed E-state index contributed by atoms with van der Waals surface area (Å²) >= 11 is 0. The molecule has 0 saturated carbocycles. The molecule has 0 bridgehead atoms. The van der Waals surface area contributed by atoms with E-state index in [1.54, 1.807) is 0 Å². The van der Waals surface area contributed by atoms with Gasteiger partial charge in [0.15, 0.2) is 0 Å². The number of rotatable bonds is 4. The van der Waals surface area contributed by atoms with Gasteiger partial charge in [-0.15, -0.1) is 0 Å². The van der Waals surface area contributed by atoms with Crippen LogP contribution in [0, 0.1) is 12.5 Å². The first-order valence-electron chi connectivity index (χ1n) is 7.13. The van der Waals surface area contributed by atoms with Crippen molar-refractivity contribution in [2.24, 2.45) is 5.92 Å². The predicted octanol–water partition coefficient (Wildman–Crippen LogP) is 1.63. The van der Waals surface area contributed by atoms with Crippen molar-refractivity contribution in [1.29, 1.82) is 0 Å². The van der Waals surface area contributed by atoms with Gasteiger partial charge in [0.25, 0.3) is 6.54 Å². The molecule has 2 aliphatic rings. The first-order valence-corrected chi connectivity index (χ1v) is 7.13. The van der Waals surface area contributed by atoms with E-state index in [0.29, 0.717) is 0 Å². The summed E-state index contributed by atoms with van der Waals surface area (Å²) in [6, 6.07) is 0. The van der Waals surface area contributed by atoms with Gasteiger partial charge in [0.05, 0.1) is 0 Å². The Morgan fingerprint density at radius 1 is 1.17 bits per heavy atom. The van der Waals surface area contributed by atoms with Crippen LogP contribution in [0.3, 0.4) is 0 Å². The van der Waals surface area contributed by atoms with E-state index in [9.17, 15) is 4.79 Å². The Labute approximate surface area is 110 Å². The summed E-state index contributed by atoms with van der Waals surface area (Å²) < 4.78 is 0. The largest absolute Gasteiger partial charge is 0.336 e. The van der Waals surface area contributed by atoms with E-state index in [2.05, 4.69) is 9.74 Å². The Balaban J connectivity index is 1.64. The Morgan fingerprint density at radius 2 is 1.83 bits per heavy atom. The molecule has 2 rings (SSSR count). The lowest BCUT2D eigenvalue weighted by atomic mass is 9.93. The molecule has 0 spiro atoms. The van der Waals surface area contributed by atoms with Crippen molar-refractivity contribution in [3.63, 3.8) is 0 Å². The topological polar surface area (TPSA) is 27.9 Å². The molecule has 100 valence electrons. The van der Waals surface area contributed by atoms with Crippen molar-refractivity contribution in [1.82, 2.24) is 9.80 Å². The molecule has 4 heteroatoms. The molecular weight excluding hydrogens is 226 g/mol. The van der Waals surface area contributed by atoms with Crippen LogP contribution >= 0.6 is 0 Å². The minimum absolute atomic E-state index is 0.0167. The van der Waals surface area contributed by atoms with E-state index < -0.39 is 0 Å². The van der Waals surface area contributed by atoms with E-state index in [-0.39, 0.29) is 12.5 Å². The van der Waals surface area contributed by atoms with E-state index in [0.717, 1.165) is 31.8 Å². The van der Waals surface area contributed by atoms with Gasteiger partial charge in [0, 0.05) is 13.1 Å². The summed E-state index contributed by atoms with van der Waals surface area (Å²) in [4.78, 5) is 19.2. The van der Waals surface area contributed by atoms with E-state index in [1.807, 2.05) is 4.90 Å². The Kier molecular flexibility index (Phi) is 5.00. The highest BCUT2D eigenvalue weighted by molar-refractivity contribution is 5.79. The number of hydrogen-bond acceptors (Lipinski definition) is 2. The third-order valence-electron chi connectivity index (χ3n) is 4.23. The van der Waals surface area contributed by atoms with Crippen LogP contribution in [0.25, 0.3) is 4.85 Å². The number of carbonyl (C=O) groups is 1. The molecule has 2 heterocycles. The summed E-state index contributed by atoms with van der Waals surface area (Å²) in [5.74, 6) is 0.797. The van der Waals surface area contributed by atoms with E-state index in [1.165, 1.54) is 38.9 Å². The number of carbonyl (C=O) groups excluding carboxylic acids is 1. The SMILES string of the molecule is [C-]#[N+]CC(=O)N1CCC(CCN2CCCC2)CC1. The first-order chi connectivity index (χ1) is 8.79. The van der Waals surface area contributed by atoms with Gasteiger partial charge in [0.1, 0.15) is 0 Å². The van der Waals surface area contributed by atoms with Crippen molar-refractivity contribution in [2.45, 2.75) is 32.1 Å². The number of hydrogen-bond donors (Lipinski definition) is 0. The van der Waals surface area contributed by atoms with Crippen LogP contribution in [-0.4, -0.2) is 55.0 Å². The van der Waals surface area contributed by atoms with E-state index in [4.69, 9.17) is 6.57 Å². The average molecular weight is 249 g/mol. The molecular formula is C14H23N3O. The van der Waals surface area contributed by atoms with Gasteiger partial charge < -0.3 is 14.6 Å². The third-order valence-corrected chi connectivity index (χ3v) is 4.23. The van der Waals surface area contributed by atoms with Gasteiger partial charge in [0.2, 0.25) is 0 Å². The van der Waals surface area contributed by atoms with Gasteiger partial charge in [-0.05, 0) is 57.7 Å². The van der Waals surface area contributed by atoms with Crippen LogP contribution in [0.4, 0.5) is 0 Å². The summed E-state index contributed by atoms with van der Waals surface area (Å²) in [6.07, 6.45) is 6.26. The molecule has 4 nitrogen and oxygen atoms in total. The van der Waals surface area contributed by atoms with Crippen molar-refractivity contribution in [2.75, 3.05) is 39.3 Å². The minimum atomic E-state index is 0.0167. The van der Waals surface area contributed by atoms with Crippen LogP contribution < -0.4 is 0 Å². The quantitative estimate of drug-likeness (QED) is 0.708. The second kappa shape index (κ2) is 6.75. The van der Waals surface area contributed by atoms with Crippen molar-refractivity contribution in [3.8, 4) is 0 Å². The Hall–Kier alpha value is -1.08. The lowest BCUT2D eigenvalue weighted by Gasteiger charge is -2.31. The molecule has 2 fully saturated rings.